The summed E-state index contributed by atoms with van der Waals surface area (Å²) >= 11 is 0. The molecule has 0 unspecified atom stereocenters. The third-order valence-electron chi connectivity index (χ3n) is 2.45. The first-order valence-corrected chi connectivity index (χ1v) is 8.15. The van der Waals surface area contributed by atoms with Crippen molar-refractivity contribution >= 4 is 34.0 Å². The third kappa shape index (κ3) is 7.19. The van der Waals surface area contributed by atoms with Crippen LogP contribution in [0, 0.1) is 0 Å². The maximum atomic E-state index is 11.9. The summed E-state index contributed by atoms with van der Waals surface area (Å²) in [6.45, 7) is 2.76. The van der Waals surface area contributed by atoms with Gasteiger partial charge in [-0.3, -0.25) is 4.79 Å². The summed E-state index contributed by atoms with van der Waals surface area (Å²) in [7, 11) is -3.61. The molecule has 1 rings (SSSR count). The molecule has 0 saturated carbocycles. The van der Waals surface area contributed by atoms with Gasteiger partial charge in [0.15, 0.2) is 0 Å². The van der Waals surface area contributed by atoms with Crippen molar-refractivity contribution in [3.63, 3.8) is 0 Å². The van der Waals surface area contributed by atoms with Crippen LogP contribution in [0.1, 0.15) is 13.3 Å². The lowest BCUT2D eigenvalue weighted by Crippen LogP contribution is -2.29. The van der Waals surface area contributed by atoms with E-state index in [2.05, 4.69) is 10.0 Å². The van der Waals surface area contributed by atoms with E-state index < -0.39 is 10.0 Å². The average Bonchev–Trinajstić information content (AvgIpc) is 2.46. The lowest BCUT2D eigenvalue weighted by Gasteiger charge is -2.09. The van der Waals surface area contributed by atoms with E-state index in [1.165, 1.54) is 12.1 Å². The molecule has 0 aliphatic carbocycles. The molecule has 0 bridgehead atoms. The van der Waals surface area contributed by atoms with Crippen molar-refractivity contribution in [3.8, 4) is 0 Å². The summed E-state index contributed by atoms with van der Waals surface area (Å²) < 4.78 is 31.3. The fourth-order valence-electron chi connectivity index (χ4n) is 1.52. The topological polar surface area (TPSA) is 111 Å². The van der Waals surface area contributed by atoms with Crippen LogP contribution in [0.3, 0.4) is 0 Å². The van der Waals surface area contributed by atoms with E-state index in [0.29, 0.717) is 12.3 Å². The van der Waals surface area contributed by atoms with Crippen molar-refractivity contribution in [3.05, 3.63) is 24.3 Å². The van der Waals surface area contributed by atoms with Gasteiger partial charge in [0.05, 0.1) is 4.90 Å². The van der Waals surface area contributed by atoms with Gasteiger partial charge in [-0.2, -0.15) is 0 Å². The minimum Gasteiger partial charge on any atom is -0.372 e. The van der Waals surface area contributed by atoms with Crippen LogP contribution >= 0.6 is 12.4 Å². The Morgan fingerprint density at radius 1 is 1.36 bits per heavy atom. The van der Waals surface area contributed by atoms with E-state index in [9.17, 15) is 13.2 Å². The predicted molar refractivity (Wildman–Crippen MR) is 87.7 cm³/mol. The molecule has 1 amide bonds. The van der Waals surface area contributed by atoms with Crippen molar-refractivity contribution in [2.45, 2.75) is 18.2 Å². The Labute approximate surface area is 137 Å². The molecule has 22 heavy (non-hydrogen) atoms. The maximum Gasteiger partial charge on any atom is 0.250 e. The summed E-state index contributed by atoms with van der Waals surface area (Å²) in [4.78, 5) is 11.7. The standard InChI is InChI=1S/C13H21N3O4S.ClH/c1-2-8-20-10-13(17)16-11-4-3-5-12(9-11)21(18,19)15-7-6-14;/h3-5,9,15H,2,6-8,10,14H2,1H3,(H,16,17);1H. The van der Waals surface area contributed by atoms with Gasteiger partial charge < -0.3 is 15.8 Å². The zero-order valence-corrected chi connectivity index (χ0v) is 14.0. The molecular formula is C13H22ClN3O4S. The number of nitrogens with one attached hydrogen (secondary N) is 2. The summed E-state index contributed by atoms with van der Waals surface area (Å²) in [5.74, 6) is -0.326. The van der Waals surface area contributed by atoms with Crippen LogP contribution in [0.25, 0.3) is 0 Å². The Balaban J connectivity index is 0.00000441. The second kappa shape index (κ2) is 10.5. The first kappa shape index (κ1) is 20.8. The quantitative estimate of drug-likeness (QED) is 0.567. The van der Waals surface area contributed by atoms with Crippen LogP contribution in [-0.4, -0.2) is 40.6 Å². The highest BCUT2D eigenvalue weighted by Gasteiger charge is 2.14. The number of carbonyl (C=O) groups is 1. The number of benzene rings is 1. The highest BCUT2D eigenvalue weighted by Crippen LogP contribution is 2.15. The van der Waals surface area contributed by atoms with E-state index in [4.69, 9.17) is 10.5 Å². The molecule has 0 aliphatic rings. The molecule has 126 valence electrons. The number of nitrogens with two attached hydrogens (primary N) is 1. The smallest absolute Gasteiger partial charge is 0.250 e. The Kier molecular flexibility index (Phi) is 9.95. The van der Waals surface area contributed by atoms with Gasteiger partial charge in [-0.25, -0.2) is 13.1 Å². The molecule has 9 heteroatoms. The molecule has 0 aromatic heterocycles. The Morgan fingerprint density at radius 3 is 2.73 bits per heavy atom. The second-order valence-corrected chi connectivity index (χ2v) is 6.08. The van der Waals surface area contributed by atoms with Gasteiger partial charge in [-0.05, 0) is 24.6 Å². The summed E-state index contributed by atoms with van der Waals surface area (Å²) in [6, 6.07) is 6.00. The minimum atomic E-state index is -3.61. The van der Waals surface area contributed by atoms with Crippen LogP contribution < -0.4 is 15.8 Å². The molecule has 0 saturated heterocycles. The van der Waals surface area contributed by atoms with Crippen molar-refractivity contribution in [2.24, 2.45) is 5.73 Å². The molecule has 4 N–H and O–H groups in total. The number of ether oxygens (including phenoxy) is 1. The zero-order chi connectivity index (χ0) is 15.7. The maximum absolute atomic E-state index is 11.9. The fourth-order valence-corrected chi connectivity index (χ4v) is 2.62. The molecule has 0 spiro atoms. The lowest BCUT2D eigenvalue weighted by atomic mass is 10.3. The van der Waals surface area contributed by atoms with E-state index in [-0.39, 0.29) is 42.9 Å². The molecular weight excluding hydrogens is 330 g/mol. The highest BCUT2D eigenvalue weighted by molar-refractivity contribution is 7.89. The predicted octanol–water partition coefficient (Wildman–Crippen LogP) is 0.711. The number of halogens is 1. The van der Waals surface area contributed by atoms with E-state index >= 15 is 0 Å². The first-order valence-electron chi connectivity index (χ1n) is 6.67. The molecule has 0 atom stereocenters. The van der Waals surface area contributed by atoms with Crippen LogP contribution in [0.5, 0.6) is 0 Å². The normalized spacial score (nSPS) is 10.8. The fraction of sp³-hybridized carbons (Fsp3) is 0.462. The van der Waals surface area contributed by atoms with Gasteiger partial charge in [-0.15, -0.1) is 12.4 Å². The van der Waals surface area contributed by atoms with Crippen LogP contribution in [-0.2, 0) is 19.6 Å². The zero-order valence-electron chi connectivity index (χ0n) is 12.4. The highest BCUT2D eigenvalue weighted by atomic mass is 35.5. The molecule has 0 aliphatic heterocycles. The van der Waals surface area contributed by atoms with Crippen LogP contribution in [0.15, 0.2) is 29.2 Å². The SMILES string of the molecule is CCCOCC(=O)Nc1cccc(S(=O)(=O)NCCN)c1.Cl. The van der Waals surface area contributed by atoms with Crippen molar-refractivity contribution in [1.29, 1.82) is 0 Å². The number of hydrogen-bond donors (Lipinski definition) is 3. The number of anilines is 1. The number of rotatable bonds is 9. The summed E-state index contributed by atoms with van der Waals surface area (Å²) in [5, 5.41) is 2.59. The first-order chi connectivity index (χ1) is 9.99. The number of hydrogen-bond acceptors (Lipinski definition) is 5. The molecule has 0 radical (unpaired) electrons. The Bertz CT molecular complexity index is 566. The van der Waals surface area contributed by atoms with Gasteiger partial charge in [0.2, 0.25) is 15.9 Å². The largest absolute Gasteiger partial charge is 0.372 e. The van der Waals surface area contributed by atoms with E-state index in [0.717, 1.165) is 6.42 Å². The number of sulfonamides is 1. The monoisotopic (exact) mass is 351 g/mol. The van der Waals surface area contributed by atoms with Crippen molar-refractivity contribution in [1.82, 2.24) is 4.72 Å². The average molecular weight is 352 g/mol. The van der Waals surface area contributed by atoms with Gasteiger partial charge >= 0.3 is 0 Å². The second-order valence-electron chi connectivity index (χ2n) is 4.32. The van der Waals surface area contributed by atoms with E-state index in [1.807, 2.05) is 6.92 Å². The van der Waals surface area contributed by atoms with Gasteiger partial charge in [0.1, 0.15) is 6.61 Å². The van der Waals surface area contributed by atoms with Gasteiger partial charge in [-0.1, -0.05) is 13.0 Å². The Morgan fingerprint density at radius 2 is 2.09 bits per heavy atom. The number of amides is 1. The van der Waals surface area contributed by atoms with Crippen molar-refractivity contribution in [2.75, 3.05) is 31.6 Å². The Hall–Kier alpha value is -1.19. The molecule has 0 fully saturated rings. The van der Waals surface area contributed by atoms with Crippen LogP contribution in [0.4, 0.5) is 5.69 Å². The minimum absolute atomic E-state index is 0. The molecule has 1 aromatic carbocycles. The molecule has 1 aromatic rings. The lowest BCUT2D eigenvalue weighted by molar-refractivity contribution is -0.120. The third-order valence-corrected chi connectivity index (χ3v) is 3.90. The van der Waals surface area contributed by atoms with E-state index in [1.54, 1.807) is 12.1 Å². The summed E-state index contributed by atoms with van der Waals surface area (Å²) in [5.41, 5.74) is 5.67. The number of carbonyl (C=O) groups excluding carboxylic acids is 1. The molecule has 0 heterocycles. The van der Waals surface area contributed by atoms with Gasteiger partial charge in [0.25, 0.3) is 0 Å². The summed E-state index contributed by atoms with van der Waals surface area (Å²) in [6.07, 6.45) is 0.827. The van der Waals surface area contributed by atoms with Gasteiger partial charge in [0, 0.05) is 25.4 Å². The van der Waals surface area contributed by atoms with Crippen molar-refractivity contribution < 1.29 is 17.9 Å². The van der Waals surface area contributed by atoms with Crippen LogP contribution in [0.2, 0.25) is 0 Å². The molecule has 7 nitrogen and oxygen atoms in total.